The van der Waals surface area contributed by atoms with Crippen LogP contribution in [0.2, 0.25) is 0 Å². The second kappa shape index (κ2) is 5.18. The second-order valence-electron chi connectivity index (χ2n) is 3.74. The molecule has 1 amide bonds. The van der Waals surface area contributed by atoms with Crippen molar-refractivity contribution in [2.75, 3.05) is 11.2 Å². The van der Waals surface area contributed by atoms with Crippen LogP contribution in [0.4, 0.5) is 10.2 Å². The van der Waals surface area contributed by atoms with E-state index in [9.17, 15) is 9.18 Å². The van der Waals surface area contributed by atoms with Crippen LogP contribution in [0.3, 0.4) is 0 Å². The van der Waals surface area contributed by atoms with Crippen LogP contribution in [0.5, 0.6) is 0 Å². The highest BCUT2D eigenvalue weighted by Gasteiger charge is 2.10. The quantitative estimate of drug-likeness (QED) is 0.869. The highest BCUT2D eigenvalue weighted by molar-refractivity contribution is 6.29. The van der Waals surface area contributed by atoms with Crippen molar-refractivity contribution in [3.05, 3.63) is 41.8 Å². The minimum atomic E-state index is -0.325. The fourth-order valence-corrected chi connectivity index (χ4v) is 1.61. The average Bonchev–Trinajstić information content (AvgIpc) is 2.71. The van der Waals surface area contributed by atoms with Crippen molar-refractivity contribution >= 4 is 23.3 Å². The number of carbonyl (C=O) groups excluding carboxylic acids is 1. The van der Waals surface area contributed by atoms with Gasteiger partial charge in [0.05, 0.1) is 11.4 Å². The first-order valence-electron chi connectivity index (χ1n) is 5.28. The molecule has 0 spiro atoms. The van der Waals surface area contributed by atoms with Crippen LogP contribution in [-0.4, -0.2) is 21.6 Å². The molecule has 0 aliphatic carbocycles. The van der Waals surface area contributed by atoms with Gasteiger partial charge in [-0.15, -0.1) is 11.6 Å². The Morgan fingerprint density at radius 3 is 2.72 bits per heavy atom. The van der Waals surface area contributed by atoms with Gasteiger partial charge < -0.3 is 5.32 Å². The van der Waals surface area contributed by atoms with Gasteiger partial charge >= 0.3 is 0 Å². The molecule has 0 fully saturated rings. The summed E-state index contributed by atoms with van der Waals surface area (Å²) in [5.74, 6) is -0.271. The molecule has 6 heteroatoms. The summed E-state index contributed by atoms with van der Waals surface area (Å²) < 4.78 is 14.4. The van der Waals surface area contributed by atoms with E-state index in [1.165, 1.54) is 16.8 Å². The summed E-state index contributed by atoms with van der Waals surface area (Å²) in [6, 6.07) is 7.54. The fourth-order valence-electron chi connectivity index (χ4n) is 1.54. The zero-order chi connectivity index (χ0) is 13.1. The fraction of sp³-hybridized carbons (Fsp3) is 0.167. The van der Waals surface area contributed by atoms with Crippen LogP contribution in [0, 0.1) is 12.7 Å². The summed E-state index contributed by atoms with van der Waals surface area (Å²) in [7, 11) is 0. The lowest BCUT2D eigenvalue weighted by atomic mass is 10.3. The van der Waals surface area contributed by atoms with Crippen LogP contribution in [0.1, 0.15) is 5.69 Å². The second-order valence-corrected chi connectivity index (χ2v) is 4.01. The van der Waals surface area contributed by atoms with Gasteiger partial charge in [0.2, 0.25) is 5.91 Å². The number of benzene rings is 1. The Balaban J connectivity index is 2.37. The van der Waals surface area contributed by atoms with E-state index >= 15 is 0 Å². The molecule has 0 unspecified atom stereocenters. The largest absolute Gasteiger partial charge is 0.310 e. The maximum absolute atomic E-state index is 12.9. The molecule has 4 nitrogen and oxygen atoms in total. The Kier molecular flexibility index (Phi) is 3.62. The number of alkyl halides is 1. The number of halogens is 2. The molecule has 1 heterocycles. The number of nitrogens with one attached hydrogen (secondary N) is 1. The van der Waals surface area contributed by atoms with Crippen molar-refractivity contribution in [1.82, 2.24) is 9.78 Å². The smallest absolute Gasteiger partial charge is 0.240 e. The van der Waals surface area contributed by atoms with E-state index in [4.69, 9.17) is 11.6 Å². The highest BCUT2D eigenvalue weighted by Crippen LogP contribution is 2.17. The van der Waals surface area contributed by atoms with Gasteiger partial charge in [-0.25, -0.2) is 9.07 Å². The lowest BCUT2D eigenvalue weighted by Crippen LogP contribution is -2.15. The number of rotatable bonds is 3. The Morgan fingerprint density at radius 2 is 2.11 bits per heavy atom. The van der Waals surface area contributed by atoms with Crippen LogP contribution in [0.25, 0.3) is 5.69 Å². The van der Waals surface area contributed by atoms with E-state index in [0.717, 1.165) is 5.69 Å². The van der Waals surface area contributed by atoms with E-state index in [1.807, 2.05) is 0 Å². The third kappa shape index (κ3) is 2.68. The molecule has 0 aliphatic rings. The maximum atomic E-state index is 12.9. The van der Waals surface area contributed by atoms with E-state index < -0.39 is 0 Å². The Bertz CT molecular complexity index is 565. The van der Waals surface area contributed by atoms with Crippen LogP contribution in [-0.2, 0) is 4.79 Å². The van der Waals surface area contributed by atoms with E-state index in [2.05, 4.69) is 10.4 Å². The number of anilines is 1. The van der Waals surface area contributed by atoms with Crippen molar-refractivity contribution in [1.29, 1.82) is 0 Å². The number of nitrogens with zero attached hydrogens (tertiary/aromatic N) is 2. The number of hydrogen-bond acceptors (Lipinski definition) is 2. The minimum absolute atomic E-state index is 0.131. The van der Waals surface area contributed by atoms with Gasteiger partial charge in [-0.1, -0.05) is 0 Å². The third-order valence-electron chi connectivity index (χ3n) is 2.29. The Labute approximate surface area is 108 Å². The van der Waals surface area contributed by atoms with Gasteiger partial charge in [0.15, 0.2) is 0 Å². The zero-order valence-corrected chi connectivity index (χ0v) is 10.4. The Morgan fingerprint density at radius 1 is 1.44 bits per heavy atom. The summed E-state index contributed by atoms with van der Waals surface area (Å²) in [5, 5.41) is 6.86. The van der Waals surface area contributed by atoms with Crippen molar-refractivity contribution in [3.8, 4) is 5.69 Å². The van der Waals surface area contributed by atoms with Gasteiger partial charge in [-0.05, 0) is 31.2 Å². The first kappa shape index (κ1) is 12.6. The van der Waals surface area contributed by atoms with Crippen molar-refractivity contribution < 1.29 is 9.18 Å². The summed E-state index contributed by atoms with van der Waals surface area (Å²) in [4.78, 5) is 11.3. The van der Waals surface area contributed by atoms with Crippen molar-refractivity contribution in [3.63, 3.8) is 0 Å². The topological polar surface area (TPSA) is 46.9 Å². The first-order chi connectivity index (χ1) is 8.60. The van der Waals surface area contributed by atoms with Crippen molar-refractivity contribution in [2.45, 2.75) is 6.92 Å². The number of hydrogen-bond donors (Lipinski definition) is 1. The molecule has 1 aromatic heterocycles. The maximum Gasteiger partial charge on any atom is 0.240 e. The molecule has 1 N–H and O–H groups in total. The summed E-state index contributed by atoms with van der Waals surface area (Å²) in [5.41, 5.74) is 1.40. The van der Waals surface area contributed by atoms with Crippen molar-refractivity contribution in [2.24, 2.45) is 0 Å². The minimum Gasteiger partial charge on any atom is -0.310 e. The monoisotopic (exact) mass is 267 g/mol. The number of aryl methyl sites for hydroxylation is 1. The average molecular weight is 268 g/mol. The molecule has 2 rings (SSSR count). The number of aromatic nitrogens is 2. The van der Waals surface area contributed by atoms with Gasteiger partial charge in [-0.2, -0.15) is 5.10 Å². The predicted octanol–water partition coefficient (Wildman–Crippen LogP) is 2.50. The molecule has 0 saturated carbocycles. The summed E-state index contributed by atoms with van der Waals surface area (Å²) in [6.07, 6.45) is 0. The molecule has 0 saturated heterocycles. The van der Waals surface area contributed by atoms with Gasteiger partial charge in [0.25, 0.3) is 0 Å². The van der Waals surface area contributed by atoms with E-state index in [1.54, 1.807) is 25.1 Å². The molecular weight excluding hydrogens is 257 g/mol. The van der Waals surface area contributed by atoms with Gasteiger partial charge in [0, 0.05) is 6.07 Å². The predicted molar refractivity (Wildman–Crippen MR) is 67.6 cm³/mol. The molecule has 0 aliphatic heterocycles. The summed E-state index contributed by atoms with van der Waals surface area (Å²) in [6.45, 7) is 1.80. The number of carbonyl (C=O) groups is 1. The lowest BCUT2D eigenvalue weighted by Gasteiger charge is -2.07. The first-order valence-corrected chi connectivity index (χ1v) is 5.82. The highest BCUT2D eigenvalue weighted by atomic mass is 35.5. The lowest BCUT2D eigenvalue weighted by molar-refractivity contribution is -0.114. The van der Waals surface area contributed by atoms with Gasteiger partial charge in [0.1, 0.15) is 17.5 Å². The molecule has 1 aromatic carbocycles. The molecule has 0 radical (unpaired) electrons. The molecule has 2 aromatic rings. The normalized spacial score (nSPS) is 10.4. The molecule has 18 heavy (non-hydrogen) atoms. The van der Waals surface area contributed by atoms with Gasteiger partial charge in [-0.3, -0.25) is 4.79 Å². The molecule has 0 bridgehead atoms. The molecular formula is C12H11ClFN3O. The van der Waals surface area contributed by atoms with Crippen LogP contribution in [0.15, 0.2) is 30.3 Å². The molecule has 94 valence electrons. The zero-order valence-electron chi connectivity index (χ0n) is 9.65. The van der Waals surface area contributed by atoms with Crippen LogP contribution >= 0.6 is 11.6 Å². The van der Waals surface area contributed by atoms with E-state index in [-0.39, 0.29) is 17.6 Å². The SMILES string of the molecule is Cc1cc(NC(=O)CCl)n(-c2ccc(F)cc2)n1. The third-order valence-corrected chi connectivity index (χ3v) is 2.53. The number of amides is 1. The standard InChI is InChI=1S/C12H11ClFN3O/c1-8-6-11(15-12(18)7-13)17(16-8)10-4-2-9(14)3-5-10/h2-6H,7H2,1H3,(H,15,18). The summed E-state index contributed by atoms with van der Waals surface area (Å²) >= 11 is 5.44. The van der Waals surface area contributed by atoms with Crippen LogP contribution < -0.4 is 5.32 Å². The Hall–Kier alpha value is -1.88. The van der Waals surface area contributed by atoms with E-state index in [0.29, 0.717) is 11.5 Å². The molecule has 0 atom stereocenters.